The Bertz CT molecular complexity index is 654. The Kier molecular flexibility index (Phi) is 4.69. The highest BCUT2D eigenvalue weighted by atomic mass is 16.5. The molecule has 2 aromatic heterocycles. The van der Waals surface area contributed by atoms with Crippen molar-refractivity contribution in [2.24, 2.45) is 0 Å². The number of carbonyl (C=O) groups is 1. The van der Waals surface area contributed by atoms with Crippen molar-refractivity contribution < 1.29 is 9.32 Å². The van der Waals surface area contributed by atoms with Crippen LogP contribution < -0.4 is 0 Å². The van der Waals surface area contributed by atoms with Crippen LogP contribution in [0.4, 0.5) is 0 Å². The first-order valence-electron chi connectivity index (χ1n) is 8.17. The van der Waals surface area contributed by atoms with Gasteiger partial charge in [-0.05, 0) is 30.5 Å². The van der Waals surface area contributed by atoms with Crippen molar-refractivity contribution >= 4 is 5.91 Å². The van der Waals surface area contributed by atoms with Gasteiger partial charge in [0.1, 0.15) is 0 Å². The summed E-state index contributed by atoms with van der Waals surface area (Å²) in [6, 6.07) is 4.14. The summed E-state index contributed by atoms with van der Waals surface area (Å²) >= 11 is 0. The molecule has 0 aliphatic carbocycles. The van der Waals surface area contributed by atoms with Crippen molar-refractivity contribution in [3.63, 3.8) is 0 Å². The molecular weight excluding hydrogens is 292 g/mol. The summed E-state index contributed by atoms with van der Waals surface area (Å²) in [5, 5.41) is 3.94. The summed E-state index contributed by atoms with van der Waals surface area (Å²) in [4.78, 5) is 22.9. The lowest BCUT2D eigenvalue weighted by atomic mass is 10.1. The molecule has 6 nitrogen and oxygen atoms in total. The van der Waals surface area contributed by atoms with Gasteiger partial charge in [0.05, 0.1) is 6.04 Å². The third-order valence-electron chi connectivity index (χ3n) is 4.22. The van der Waals surface area contributed by atoms with E-state index >= 15 is 0 Å². The van der Waals surface area contributed by atoms with E-state index in [2.05, 4.69) is 15.1 Å². The van der Waals surface area contributed by atoms with E-state index in [0.29, 0.717) is 24.6 Å². The van der Waals surface area contributed by atoms with Crippen LogP contribution in [-0.4, -0.2) is 32.5 Å². The molecule has 23 heavy (non-hydrogen) atoms. The number of aromatic nitrogens is 3. The molecule has 1 amide bonds. The predicted octanol–water partition coefficient (Wildman–Crippen LogP) is 2.88. The van der Waals surface area contributed by atoms with Crippen LogP contribution in [0.1, 0.15) is 62.3 Å². The van der Waals surface area contributed by atoms with Crippen molar-refractivity contribution in [2.45, 2.75) is 51.5 Å². The Morgan fingerprint density at radius 2 is 2.17 bits per heavy atom. The smallest absolute Gasteiger partial charge is 0.227 e. The average Bonchev–Trinajstić information content (AvgIpc) is 3.23. The molecule has 122 valence electrons. The second-order valence-corrected chi connectivity index (χ2v) is 6.23. The highest BCUT2D eigenvalue weighted by molar-refractivity contribution is 5.77. The highest BCUT2D eigenvalue weighted by Gasteiger charge is 2.29. The van der Waals surface area contributed by atoms with Crippen LogP contribution in [0.2, 0.25) is 0 Å². The molecule has 1 atom stereocenters. The van der Waals surface area contributed by atoms with Crippen molar-refractivity contribution in [3.05, 3.63) is 41.8 Å². The Morgan fingerprint density at radius 1 is 1.39 bits per heavy atom. The summed E-state index contributed by atoms with van der Waals surface area (Å²) in [7, 11) is 0. The minimum absolute atomic E-state index is 0.147. The van der Waals surface area contributed by atoms with Crippen LogP contribution in [0.3, 0.4) is 0 Å². The number of hydrogen-bond donors (Lipinski definition) is 0. The number of rotatable bonds is 5. The third-order valence-corrected chi connectivity index (χ3v) is 4.22. The predicted molar refractivity (Wildman–Crippen MR) is 84.6 cm³/mol. The highest BCUT2D eigenvalue weighted by Crippen LogP contribution is 2.32. The van der Waals surface area contributed by atoms with E-state index < -0.39 is 0 Å². The maximum atomic E-state index is 12.6. The molecule has 1 fully saturated rings. The number of amides is 1. The molecule has 1 aliphatic rings. The average molecular weight is 314 g/mol. The summed E-state index contributed by atoms with van der Waals surface area (Å²) in [5.74, 6) is 1.62. The Labute approximate surface area is 135 Å². The van der Waals surface area contributed by atoms with Gasteiger partial charge in [-0.3, -0.25) is 9.78 Å². The molecule has 6 heteroatoms. The largest absolute Gasteiger partial charge is 0.339 e. The Balaban J connectivity index is 1.61. The maximum absolute atomic E-state index is 12.6. The summed E-state index contributed by atoms with van der Waals surface area (Å²) < 4.78 is 5.21. The number of aryl methyl sites for hydroxylation is 1. The molecule has 3 rings (SSSR count). The molecule has 0 aromatic carbocycles. The molecule has 0 saturated carbocycles. The topological polar surface area (TPSA) is 72.1 Å². The van der Waals surface area contributed by atoms with Crippen LogP contribution in [-0.2, 0) is 11.2 Å². The molecule has 0 spiro atoms. The van der Waals surface area contributed by atoms with Crippen LogP contribution in [0.15, 0.2) is 29.0 Å². The molecule has 0 N–H and O–H groups in total. The van der Waals surface area contributed by atoms with Crippen LogP contribution in [0.5, 0.6) is 0 Å². The molecular formula is C17H22N4O2. The van der Waals surface area contributed by atoms with Gasteiger partial charge in [-0.2, -0.15) is 4.98 Å². The second kappa shape index (κ2) is 6.89. The fraction of sp³-hybridized carbons (Fsp3) is 0.529. The second-order valence-electron chi connectivity index (χ2n) is 6.23. The van der Waals surface area contributed by atoms with E-state index in [0.717, 1.165) is 24.9 Å². The van der Waals surface area contributed by atoms with E-state index in [1.807, 2.05) is 30.9 Å². The lowest BCUT2D eigenvalue weighted by Gasteiger charge is -2.24. The van der Waals surface area contributed by atoms with Crippen molar-refractivity contribution in [2.75, 3.05) is 6.54 Å². The van der Waals surface area contributed by atoms with Gasteiger partial charge in [-0.25, -0.2) is 0 Å². The zero-order valence-electron chi connectivity index (χ0n) is 13.6. The number of likely N-dealkylation sites (tertiary alicyclic amines) is 1. The molecule has 0 bridgehead atoms. The number of nitrogens with zero attached hydrogens (tertiary/aromatic N) is 4. The lowest BCUT2D eigenvalue weighted by molar-refractivity contribution is -0.132. The van der Waals surface area contributed by atoms with Gasteiger partial charge in [0.2, 0.25) is 11.8 Å². The minimum Gasteiger partial charge on any atom is -0.339 e. The quantitative estimate of drug-likeness (QED) is 0.848. The number of pyridine rings is 1. The van der Waals surface area contributed by atoms with Gasteiger partial charge in [-0.1, -0.05) is 19.0 Å². The Morgan fingerprint density at radius 3 is 2.87 bits per heavy atom. The summed E-state index contributed by atoms with van der Waals surface area (Å²) in [5.41, 5.74) is 1.16. The SMILES string of the molecule is CC(C)c1noc(CCC(=O)N2CCCC2c2ccncc2)n1. The molecule has 1 aliphatic heterocycles. The zero-order valence-corrected chi connectivity index (χ0v) is 13.6. The normalized spacial score (nSPS) is 17.9. The van der Waals surface area contributed by atoms with Gasteiger partial charge in [-0.15, -0.1) is 0 Å². The van der Waals surface area contributed by atoms with Gasteiger partial charge in [0.25, 0.3) is 0 Å². The van der Waals surface area contributed by atoms with Crippen molar-refractivity contribution in [1.29, 1.82) is 0 Å². The van der Waals surface area contributed by atoms with Crippen LogP contribution in [0, 0.1) is 0 Å². The molecule has 0 radical (unpaired) electrons. The standard InChI is InChI=1S/C17H22N4O2/c1-12(2)17-19-15(23-20-17)5-6-16(22)21-11-3-4-14(21)13-7-9-18-10-8-13/h7-10,12,14H,3-6,11H2,1-2H3. The summed E-state index contributed by atoms with van der Waals surface area (Å²) in [6.07, 6.45) is 6.51. The maximum Gasteiger partial charge on any atom is 0.227 e. The monoisotopic (exact) mass is 314 g/mol. The molecule has 1 unspecified atom stereocenters. The van der Waals surface area contributed by atoms with E-state index in [-0.39, 0.29) is 17.9 Å². The van der Waals surface area contributed by atoms with E-state index in [1.54, 1.807) is 12.4 Å². The zero-order chi connectivity index (χ0) is 16.2. The number of hydrogen-bond acceptors (Lipinski definition) is 5. The minimum atomic E-state index is 0.147. The summed E-state index contributed by atoms with van der Waals surface area (Å²) in [6.45, 7) is 4.85. The van der Waals surface area contributed by atoms with Gasteiger partial charge < -0.3 is 9.42 Å². The molecule has 2 aromatic rings. The number of carbonyl (C=O) groups excluding carboxylic acids is 1. The molecule has 3 heterocycles. The van der Waals surface area contributed by atoms with Crippen LogP contribution in [0.25, 0.3) is 0 Å². The van der Waals surface area contributed by atoms with E-state index in [9.17, 15) is 4.79 Å². The van der Waals surface area contributed by atoms with Crippen molar-refractivity contribution in [1.82, 2.24) is 20.0 Å². The first-order valence-corrected chi connectivity index (χ1v) is 8.17. The van der Waals surface area contributed by atoms with Crippen molar-refractivity contribution in [3.8, 4) is 0 Å². The van der Waals surface area contributed by atoms with Gasteiger partial charge in [0.15, 0.2) is 5.82 Å². The molecule has 1 saturated heterocycles. The fourth-order valence-electron chi connectivity index (χ4n) is 2.96. The third kappa shape index (κ3) is 3.57. The first-order chi connectivity index (χ1) is 11.1. The lowest BCUT2D eigenvalue weighted by Crippen LogP contribution is -2.30. The van der Waals surface area contributed by atoms with E-state index in [4.69, 9.17) is 4.52 Å². The van der Waals surface area contributed by atoms with Crippen LogP contribution >= 0.6 is 0 Å². The Hall–Kier alpha value is -2.24. The van der Waals surface area contributed by atoms with Gasteiger partial charge in [0, 0.05) is 37.7 Å². The van der Waals surface area contributed by atoms with E-state index in [1.165, 1.54) is 0 Å². The van der Waals surface area contributed by atoms with Gasteiger partial charge >= 0.3 is 0 Å². The first kappa shape index (κ1) is 15.6. The fourth-order valence-corrected chi connectivity index (χ4v) is 2.96.